The number of carbonyl (C=O) groups excluding carboxylic acids is 2. The lowest BCUT2D eigenvalue weighted by atomic mass is 10.1. The number of carbonyl (C=O) groups is 2. The summed E-state index contributed by atoms with van der Waals surface area (Å²) >= 11 is 12.5. The van der Waals surface area contributed by atoms with Crippen molar-refractivity contribution in [2.45, 2.75) is 13.8 Å². The van der Waals surface area contributed by atoms with Gasteiger partial charge in [-0.3, -0.25) is 25.1 Å². The van der Waals surface area contributed by atoms with Gasteiger partial charge in [0.05, 0.1) is 27.0 Å². The average molecular weight is 571 g/mol. The summed E-state index contributed by atoms with van der Waals surface area (Å²) in [6, 6.07) is 12.6. The summed E-state index contributed by atoms with van der Waals surface area (Å²) in [6.45, 7) is 3.99. The van der Waals surface area contributed by atoms with Gasteiger partial charge in [0.15, 0.2) is 15.8 Å². The molecule has 1 saturated heterocycles. The predicted octanol–water partition coefficient (Wildman–Crippen LogP) is 5.69. The molecule has 2 aromatic carbocycles. The molecule has 1 aliphatic rings. The molecule has 38 heavy (non-hydrogen) atoms. The van der Waals surface area contributed by atoms with Crippen molar-refractivity contribution in [3.63, 3.8) is 0 Å². The van der Waals surface area contributed by atoms with Crippen molar-refractivity contribution < 1.29 is 24.0 Å². The second-order valence-corrected chi connectivity index (χ2v) is 9.88. The van der Waals surface area contributed by atoms with Crippen LogP contribution in [0.5, 0.6) is 17.4 Å². The highest BCUT2D eigenvalue weighted by atomic mass is 35.5. The summed E-state index contributed by atoms with van der Waals surface area (Å²) in [6.07, 6.45) is 2.71. The van der Waals surface area contributed by atoms with E-state index in [1.54, 1.807) is 49.4 Å². The molecular formula is C25H19ClN4O6S2. The molecule has 0 radical (unpaired) electrons. The lowest BCUT2D eigenvalue weighted by molar-refractivity contribution is -0.385. The molecule has 0 spiro atoms. The third-order valence-corrected chi connectivity index (χ3v) is 6.70. The van der Waals surface area contributed by atoms with Gasteiger partial charge in [-0.2, -0.15) is 5.01 Å². The van der Waals surface area contributed by atoms with Gasteiger partial charge in [0.2, 0.25) is 5.88 Å². The molecule has 3 aromatic rings. The number of pyridine rings is 1. The molecule has 0 unspecified atom stereocenters. The summed E-state index contributed by atoms with van der Waals surface area (Å²) in [7, 11) is 0. The van der Waals surface area contributed by atoms with Crippen molar-refractivity contribution in [3.8, 4) is 17.4 Å². The van der Waals surface area contributed by atoms with Crippen molar-refractivity contribution in [3.05, 3.63) is 91.5 Å². The second-order valence-electron chi connectivity index (χ2n) is 7.79. The fourth-order valence-corrected chi connectivity index (χ4v) is 4.80. The molecule has 2 amide bonds. The zero-order valence-electron chi connectivity index (χ0n) is 20.0. The molecule has 4 rings (SSSR count). The van der Waals surface area contributed by atoms with E-state index < -0.39 is 16.7 Å². The molecule has 1 aromatic heterocycles. The summed E-state index contributed by atoms with van der Waals surface area (Å²) in [5.41, 5.74) is 4.08. The Kier molecular flexibility index (Phi) is 8.25. The number of aryl methyl sites for hydroxylation is 1. The van der Waals surface area contributed by atoms with Gasteiger partial charge in [-0.15, -0.1) is 0 Å². The number of aromatic nitrogens is 1. The van der Waals surface area contributed by atoms with E-state index >= 15 is 0 Å². The molecular weight excluding hydrogens is 552 g/mol. The van der Waals surface area contributed by atoms with Gasteiger partial charge in [0.1, 0.15) is 6.20 Å². The van der Waals surface area contributed by atoms with Crippen LogP contribution in [-0.4, -0.2) is 37.7 Å². The molecule has 1 aliphatic heterocycles. The Balaban J connectivity index is 1.52. The summed E-state index contributed by atoms with van der Waals surface area (Å²) in [5.74, 6) is -0.202. The van der Waals surface area contributed by atoms with Gasteiger partial charge < -0.3 is 9.47 Å². The first-order valence-electron chi connectivity index (χ1n) is 11.1. The highest BCUT2D eigenvalue weighted by Gasteiger charge is 2.34. The number of nitrogens with zero attached hydrogens (tertiary/aromatic N) is 3. The fraction of sp³-hybridized carbons (Fsp3) is 0.120. The minimum atomic E-state index is -0.562. The molecule has 1 fully saturated rings. The number of hydrazine groups is 1. The van der Waals surface area contributed by atoms with Crippen molar-refractivity contribution in [2.24, 2.45) is 0 Å². The Hall–Kier alpha value is -4.00. The van der Waals surface area contributed by atoms with Gasteiger partial charge in [0, 0.05) is 12.1 Å². The highest BCUT2D eigenvalue weighted by molar-refractivity contribution is 8.26. The smallest absolute Gasteiger partial charge is 0.287 e. The Bertz CT molecular complexity index is 1480. The number of hydrogen-bond donors (Lipinski definition) is 1. The van der Waals surface area contributed by atoms with Crippen LogP contribution in [0.15, 0.2) is 59.6 Å². The molecule has 13 heteroatoms. The van der Waals surface area contributed by atoms with Crippen molar-refractivity contribution in [1.29, 1.82) is 0 Å². The van der Waals surface area contributed by atoms with Crippen LogP contribution in [0.25, 0.3) is 6.08 Å². The number of thiocarbonyl (C=S) groups is 1. The zero-order chi connectivity index (χ0) is 27.4. The molecule has 0 saturated carbocycles. The average Bonchev–Trinajstić information content (AvgIpc) is 3.13. The monoisotopic (exact) mass is 570 g/mol. The van der Waals surface area contributed by atoms with Crippen LogP contribution in [-0.2, 0) is 4.79 Å². The summed E-state index contributed by atoms with van der Waals surface area (Å²) in [4.78, 5) is 40.2. The maximum atomic E-state index is 13.0. The van der Waals surface area contributed by atoms with Gasteiger partial charge in [-0.25, -0.2) is 4.98 Å². The van der Waals surface area contributed by atoms with E-state index in [2.05, 4.69) is 10.4 Å². The largest absolute Gasteiger partial charge is 0.490 e. The van der Waals surface area contributed by atoms with Crippen LogP contribution < -0.4 is 14.9 Å². The number of nitro groups is 1. The number of amides is 2. The number of nitrogens with one attached hydrogen (secondary N) is 1. The third kappa shape index (κ3) is 6.10. The normalized spacial score (nSPS) is 14.1. The number of ether oxygens (including phenoxy) is 2. The Morgan fingerprint density at radius 1 is 1.24 bits per heavy atom. The number of thioether (sulfide) groups is 1. The van der Waals surface area contributed by atoms with Gasteiger partial charge in [0.25, 0.3) is 17.5 Å². The molecule has 194 valence electrons. The minimum Gasteiger partial charge on any atom is -0.490 e. The third-order valence-electron chi connectivity index (χ3n) is 5.09. The van der Waals surface area contributed by atoms with E-state index in [1.807, 2.05) is 6.92 Å². The fourth-order valence-electron chi connectivity index (χ4n) is 3.30. The SMILES string of the molecule is CCOc1cc(/C=C2\SC(=S)N(NC(=O)c3ccc(C)cc3Cl)C2=O)ccc1Oc1ccc([N+](=O)[O-])cn1. The number of hydrogen-bond acceptors (Lipinski definition) is 9. The molecule has 10 nitrogen and oxygen atoms in total. The van der Waals surface area contributed by atoms with Crippen LogP contribution in [0.3, 0.4) is 0 Å². The lowest BCUT2D eigenvalue weighted by Gasteiger charge is -2.16. The summed E-state index contributed by atoms with van der Waals surface area (Å²) in [5, 5.41) is 12.1. The van der Waals surface area contributed by atoms with E-state index in [0.29, 0.717) is 28.6 Å². The minimum absolute atomic E-state index is 0.148. The first-order valence-corrected chi connectivity index (χ1v) is 12.7. The Morgan fingerprint density at radius 2 is 2.03 bits per heavy atom. The van der Waals surface area contributed by atoms with Crippen LogP contribution in [0.4, 0.5) is 5.69 Å². The molecule has 0 atom stereocenters. The van der Waals surface area contributed by atoms with Crippen molar-refractivity contribution in [2.75, 3.05) is 6.61 Å². The predicted molar refractivity (Wildman–Crippen MR) is 147 cm³/mol. The second kappa shape index (κ2) is 11.6. The topological polar surface area (TPSA) is 124 Å². The maximum absolute atomic E-state index is 13.0. The van der Waals surface area contributed by atoms with Gasteiger partial charge in [-0.05, 0) is 67.5 Å². The van der Waals surface area contributed by atoms with Crippen LogP contribution in [0, 0.1) is 17.0 Å². The van der Waals surface area contributed by atoms with Crippen molar-refractivity contribution in [1.82, 2.24) is 15.4 Å². The number of benzene rings is 2. The van der Waals surface area contributed by atoms with E-state index in [0.717, 1.165) is 28.5 Å². The lowest BCUT2D eigenvalue weighted by Crippen LogP contribution is -2.44. The van der Waals surface area contributed by atoms with Gasteiger partial charge in [-0.1, -0.05) is 35.5 Å². The molecule has 2 heterocycles. The summed E-state index contributed by atoms with van der Waals surface area (Å²) < 4.78 is 11.6. The Labute approximate surface area is 231 Å². The van der Waals surface area contributed by atoms with Crippen molar-refractivity contribution >= 4 is 63.5 Å². The van der Waals surface area contributed by atoms with E-state index in [1.165, 1.54) is 12.1 Å². The molecule has 0 bridgehead atoms. The standard InChI is InChI=1S/C25H19ClN4O6S2/c1-3-35-20-11-15(5-8-19(20)36-22-9-6-16(13-27-22)30(33)34)12-21-24(32)29(25(37)38-21)28-23(31)17-7-4-14(2)10-18(17)26/h4-13H,3H2,1-2H3,(H,28,31)/b21-12-. The van der Waals surface area contributed by atoms with E-state index in [9.17, 15) is 19.7 Å². The number of rotatable bonds is 8. The maximum Gasteiger partial charge on any atom is 0.287 e. The Morgan fingerprint density at radius 3 is 2.68 bits per heavy atom. The zero-order valence-corrected chi connectivity index (χ0v) is 22.4. The van der Waals surface area contributed by atoms with Crippen LogP contribution in [0.2, 0.25) is 5.02 Å². The van der Waals surface area contributed by atoms with Crippen LogP contribution >= 0.6 is 35.6 Å². The van der Waals surface area contributed by atoms with Gasteiger partial charge >= 0.3 is 0 Å². The van der Waals surface area contributed by atoms with Crippen LogP contribution in [0.1, 0.15) is 28.4 Å². The first kappa shape index (κ1) is 27.0. The number of halogens is 1. The van der Waals surface area contributed by atoms with E-state index in [-0.39, 0.29) is 26.5 Å². The molecule has 0 aliphatic carbocycles. The quantitative estimate of drug-likeness (QED) is 0.157. The highest BCUT2D eigenvalue weighted by Crippen LogP contribution is 2.36. The van der Waals surface area contributed by atoms with E-state index in [4.69, 9.17) is 33.3 Å². The first-order chi connectivity index (χ1) is 18.2. The molecule has 1 N–H and O–H groups in total.